The smallest absolute Gasteiger partial charge is 0.336 e. The quantitative estimate of drug-likeness (QED) is 0.703. The molecule has 1 aromatic carbocycles. The zero-order valence-electron chi connectivity index (χ0n) is 11.4. The molecule has 0 saturated heterocycles. The molecular weight excluding hydrogens is 240 g/mol. The van der Waals surface area contributed by atoms with Gasteiger partial charge in [0, 0.05) is 25.7 Å². The van der Waals surface area contributed by atoms with Gasteiger partial charge in [0.15, 0.2) is 0 Å². The predicted molar refractivity (Wildman–Crippen MR) is 75.4 cm³/mol. The number of hydrogen-bond acceptors (Lipinski definition) is 3. The molecule has 1 saturated carbocycles. The summed E-state index contributed by atoms with van der Waals surface area (Å²) in [6.45, 7) is 5.84. The molecule has 2 rings (SSSR count). The lowest BCUT2D eigenvalue weighted by Crippen LogP contribution is -2.33. The topological polar surface area (TPSA) is 52.6 Å². The van der Waals surface area contributed by atoms with Crippen LogP contribution in [0.4, 0.5) is 0 Å². The van der Waals surface area contributed by atoms with Crippen LogP contribution in [0.5, 0.6) is 0 Å². The Balaban J connectivity index is 1.77. The van der Waals surface area contributed by atoms with Gasteiger partial charge in [0.05, 0.1) is 5.56 Å². The molecule has 1 aliphatic carbocycles. The minimum atomic E-state index is -0.856. The average Bonchev–Trinajstić information content (AvgIpc) is 3.23. The Morgan fingerprint density at radius 2 is 2.16 bits per heavy atom. The van der Waals surface area contributed by atoms with Crippen molar-refractivity contribution in [2.24, 2.45) is 0 Å². The van der Waals surface area contributed by atoms with Gasteiger partial charge in [-0.3, -0.25) is 4.90 Å². The summed E-state index contributed by atoms with van der Waals surface area (Å²) in [6, 6.07) is 7.96. The SMILES string of the molecule is CCN(CCNCc1ccccc1C(=O)O)C1CC1. The average molecular weight is 262 g/mol. The number of carboxylic acid groups (broad SMARTS) is 1. The van der Waals surface area contributed by atoms with Gasteiger partial charge < -0.3 is 10.4 Å². The highest BCUT2D eigenvalue weighted by atomic mass is 16.4. The van der Waals surface area contributed by atoms with E-state index in [-0.39, 0.29) is 0 Å². The lowest BCUT2D eigenvalue weighted by Gasteiger charge is -2.19. The fraction of sp³-hybridized carbons (Fsp3) is 0.533. The van der Waals surface area contributed by atoms with Gasteiger partial charge in [0.2, 0.25) is 0 Å². The minimum absolute atomic E-state index is 0.393. The van der Waals surface area contributed by atoms with Gasteiger partial charge >= 0.3 is 5.97 Å². The van der Waals surface area contributed by atoms with E-state index in [0.29, 0.717) is 12.1 Å². The summed E-state index contributed by atoms with van der Waals surface area (Å²) in [7, 11) is 0. The van der Waals surface area contributed by atoms with Crippen molar-refractivity contribution in [3.8, 4) is 0 Å². The van der Waals surface area contributed by atoms with Gasteiger partial charge in [-0.05, 0) is 31.0 Å². The maximum Gasteiger partial charge on any atom is 0.336 e. The van der Waals surface area contributed by atoms with Crippen molar-refractivity contribution in [3.05, 3.63) is 35.4 Å². The first-order chi connectivity index (χ1) is 9.22. The van der Waals surface area contributed by atoms with E-state index in [9.17, 15) is 4.79 Å². The van der Waals surface area contributed by atoms with Gasteiger partial charge in [-0.15, -0.1) is 0 Å². The number of likely N-dealkylation sites (N-methyl/N-ethyl adjacent to an activating group) is 1. The molecule has 104 valence electrons. The minimum Gasteiger partial charge on any atom is -0.478 e. The molecule has 0 aromatic heterocycles. The number of carbonyl (C=O) groups is 1. The molecule has 4 heteroatoms. The van der Waals surface area contributed by atoms with Crippen molar-refractivity contribution >= 4 is 5.97 Å². The third kappa shape index (κ3) is 4.04. The number of aromatic carboxylic acids is 1. The molecule has 1 aliphatic rings. The number of nitrogens with zero attached hydrogens (tertiary/aromatic N) is 1. The zero-order valence-corrected chi connectivity index (χ0v) is 11.4. The van der Waals surface area contributed by atoms with Crippen LogP contribution in [0.15, 0.2) is 24.3 Å². The van der Waals surface area contributed by atoms with Crippen LogP contribution < -0.4 is 5.32 Å². The van der Waals surface area contributed by atoms with Crippen LogP contribution in [-0.4, -0.2) is 41.7 Å². The van der Waals surface area contributed by atoms with Crippen molar-refractivity contribution in [3.63, 3.8) is 0 Å². The summed E-state index contributed by atoms with van der Waals surface area (Å²) < 4.78 is 0. The molecule has 0 atom stereocenters. The maximum absolute atomic E-state index is 11.1. The molecule has 2 N–H and O–H groups in total. The highest BCUT2D eigenvalue weighted by Gasteiger charge is 2.26. The van der Waals surface area contributed by atoms with Crippen LogP contribution in [0.2, 0.25) is 0 Å². The van der Waals surface area contributed by atoms with E-state index >= 15 is 0 Å². The first-order valence-corrected chi connectivity index (χ1v) is 6.98. The van der Waals surface area contributed by atoms with Crippen LogP contribution in [-0.2, 0) is 6.54 Å². The molecule has 4 nitrogen and oxygen atoms in total. The van der Waals surface area contributed by atoms with E-state index in [4.69, 9.17) is 5.11 Å². The molecule has 0 bridgehead atoms. The summed E-state index contributed by atoms with van der Waals surface area (Å²) in [5.74, 6) is -0.856. The lowest BCUT2D eigenvalue weighted by atomic mass is 10.1. The number of benzene rings is 1. The van der Waals surface area contributed by atoms with Crippen molar-refractivity contribution in [2.75, 3.05) is 19.6 Å². The molecule has 0 amide bonds. The normalized spacial score (nSPS) is 14.8. The lowest BCUT2D eigenvalue weighted by molar-refractivity contribution is 0.0695. The highest BCUT2D eigenvalue weighted by molar-refractivity contribution is 5.89. The van der Waals surface area contributed by atoms with E-state index in [2.05, 4.69) is 17.1 Å². The van der Waals surface area contributed by atoms with Gasteiger partial charge in [0.1, 0.15) is 0 Å². The first kappa shape index (κ1) is 14.0. The third-order valence-corrected chi connectivity index (χ3v) is 3.61. The van der Waals surface area contributed by atoms with Crippen LogP contribution in [0.3, 0.4) is 0 Å². The number of rotatable bonds is 8. The molecule has 0 radical (unpaired) electrons. The summed E-state index contributed by atoms with van der Waals surface area (Å²) in [5, 5.41) is 12.4. The van der Waals surface area contributed by atoms with Crippen molar-refractivity contribution < 1.29 is 9.90 Å². The third-order valence-electron chi connectivity index (χ3n) is 3.61. The molecule has 0 unspecified atom stereocenters. The van der Waals surface area contributed by atoms with Crippen LogP contribution in [0.1, 0.15) is 35.7 Å². The van der Waals surface area contributed by atoms with Gasteiger partial charge in [-0.25, -0.2) is 4.79 Å². The van der Waals surface area contributed by atoms with Crippen LogP contribution >= 0.6 is 0 Å². The van der Waals surface area contributed by atoms with E-state index in [0.717, 1.165) is 31.2 Å². The Bertz CT molecular complexity index is 430. The predicted octanol–water partition coefficient (Wildman–Crippen LogP) is 1.96. The molecule has 0 spiro atoms. The highest BCUT2D eigenvalue weighted by Crippen LogP contribution is 2.25. The Morgan fingerprint density at radius 1 is 1.42 bits per heavy atom. The van der Waals surface area contributed by atoms with Gasteiger partial charge in [-0.1, -0.05) is 25.1 Å². The van der Waals surface area contributed by atoms with E-state index in [1.165, 1.54) is 12.8 Å². The summed E-state index contributed by atoms with van der Waals surface area (Å²) >= 11 is 0. The summed E-state index contributed by atoms with van der Waals surface area (Å²) in [5.41, 5.74) is 1.24. The van der Waals surface area contributed by atoms with Gasteiger partial charge in [0.25, 0.3) is 0 Å². The number of hydrogen-bond donors (Lipinski definition) is 2. The Morgan fingerprint density at radius 3 is 2.79 bits per heavy atom. The molecular formula is C15H22N2O2. The molecule has 1 fully saturated rings. The monoisotopic (exact) mass is 262 g/mol. The second-order valence-corrected chi connectivity index (χ2v) is 5.00. The first-order valence-electron chi connectivity index (χ1n) is 6.98. The maximum atomic E-state index is 11.1. The van der Waals surface area contributed by atoms with Crippen LogP contribution in [0.25, 0.3) is 0 Å². The number of nitrogens with one attached hydrogen (secondary N) is 1. The molecule has 1 aromatic rings. The zero-order chi connectivity index (χ0) is 13.7. The van der Waals surface area contributed by atoms with Crippen molar-refractivity contribution in [1.29, 1.82) is 0 Å². The van der Waals surface area contributed by atoms with E-state index in [1.807, 2.05) is 12.1 Å². The Kier molecular flexibility index (Phi) is 4.93. The summed E-state index contributed by atoms with van der Waals surface area (Å²) in [4.78, 5) is 13.6. The Labute approximate surface area is 114 Å². The molecule has 0 heterocycles. The van der Waals surface area contributed by atoms with E-state index in [1.54, 1.807) is 12.1 Å². The van der Waals surface area contributed by atoms with Gasteiger partial charge in [-0.2, -0.15) is 0 Å². The fourth-order valence-electron chi connectivity index (χ4n) is 2.37. The standard InChI is InChI=1S/C15H22N2O2/c1-2-17(13-7-8-13)10-9-16-11-12-5-3-4-6-14(12)15(18)19/h3-6,13,16H,2,7-11H2,1H3,(H,18,19). The van der Waals surface area contributed by atoms with Crippen LogP contribution in [0, 0.1) is 0 Å². The second-order valence-electron chi connectivity index (χ2n) is 5.00. The fourth-order valence-corrected chi connectivity index (χ4v) is 2.37. The van der Waals surface area contributed by atoms with Crippen molar-refractivity contribution in [1.82, 2.24) is 10.2 Å². The molecule has 19 heavy (non-hydrogen) atoms. The molecule has 0 aliphatic heterocycles. The summed E-state index contributed by atoms with van der Waals surface area (Å²) in [6.07, 6.45) is 2.66. The second kappa shape index (κ2) is 6.68. The largest absolute Gasteiger partial charge is 0.478 e. The Hall–Kier alpha value is -1.39. The van der Waals surface area contributed by atoms with E-state index < -0.39 is 5.97 Å². The number of carboxylic acids is 1. The van der Waals surface area contributed by atoms with Crippen molar-refractivity contribution in [2.45, 2.75) is 32.4 Å².